The highest BCUT2D eigenvalue weighted by Crippen LogP contribution is 2.54. The molecule has 1 amide bonds. The van der Waals surface area contributed by atoms with Gasteiger partial charge in [-0.3, -0.25) is 14.5 Å². The molecule has 39 heavy (non-hydrogen) atoms. The van der Waals surface area contributed by atoms with Crippen molar-refractivity contribution in [1.29, 1.82) is 0 Å². The zero-order chi connectivity index (χ0) is 28.3. The maximum Gasteiger partial charge on any atom is 0.401 e. The molecule has 2 aliphatic heterocycles. The molecule has 1 saturated carbocycles. The molecule has 12 heteroatoms. The van der Waals surface area contributed by atoms with Crippen LogP contribution in [0, 0.1) is 31.6 Å². The SMILES string of the molecule is CSc1cc(C)[nH]c(=O)c1CNC(=O)c1cc(Cl)c2c(c1C)OC(C)(C1CC3CN(CC(F)(F)F)CC3C1)O2. The summed E-state index contributed by atoms with van der Waals surface area (Å²) in [4.78, 5) is 30.7. The number of fused-ring (bicyclic) bond motifs is 2. The van der Waals surface area contributed by atoms with Gasteiger partial charge >= 0.3 is 6.18 Å². The summed E-state index contributed by atoms with van der Waals surface area (Å²) in [5.41, 5.74) is 1.84. The van der Waals surface area contributed by atoms with Gasteiger partial charge in [-0.25, -0.2) is 0 Å². The van der Waals surface area contributed by atoms with E-state index in [0.717, 1.165) is 10.6 Å². The standard InChI is InChI=1S/C27H31ClF3N3O4S/c1-13-5-21(39-4)19(25(36)33-13)9-32-24(35)18-8-20(28)23-22(14(18)2)37-26(3,38-23)17-6-15-10-34(11-16(15)7-17)12-27(29,30)31/h5,8,15-17H,6-7,9-12H2,1-4H3,(H,32,35)(H,33,36). The number of hydrogen-bond acceptors (Lipinski definition) is 6. The third kappa shape index (κ3) is 5.50. The first-order valence-corrected chi connectivity index (χ1v) is 14.4. The number of pyridine rings is 1. The quantitative estimate of drug-likeness (QED) is 0.448. The van der Waals surface area contributed by atoms with Crippen LogP contribution in [0.3, 0.4) is 0 Å². The van der Waals surface area contributed by atoms with Gasteiger partial charge in [0.05, 0.1) is 11.6 Å². The van der Waals surface area contributed by atoms with Crippen molar-refractivity contribution < 1.29 is 27.4 Å². The molecule has 3 unspecified atom stereocenters. The average Bonchev–Trinajstić information content (AvgIpc) is 3.51. The monoisotopic (exact) mass is 585 g/mol. The number of nitrogens with one attached hydrogen (secondary N) is 2. The molecule has 3 heterocycles. The summed E-state index contributed by atoms with van der Waals surface area (Å²) in [6.07, 6.45) is -0.949. The average molecular weight is 586 g/mol. The summed E-state index contributed by atoms with van der Waals surface area (Å²) in [6, 6.07) is 3.40. The van der Waals surface area contributed by atoms with Crippen LogP contribution in [-0.4, -0.2) is 53.6 Å². The van der Waals surface area contributed by atoms with E-state index in [-0.39, 0.29) is 34.9 Å². The van der Waals surface area contributed by atoms with Gasteiger partial charge in [0.2, 0.25) is 0 Å². The van der Waals surface area contributed by atoms with E-state index in [4.69, 9.17) is 21.1 Å². The van der Waals surface area contributed by atoms with Crippen LogP contribution in [0.4, 0.5) is 13.2 Å². The number of hydrogen-bond donors (Lipinski definition) is 2. The number of alkyl halides is 3. The Hall–Kier alpha value is -2.37. The third-order valence-electron chi connectivity index (χ3n) is 8.14. The van der Waals surface area contributed by atoms with Gasteiger partial charge in [-0.2, -0.15) is 13.2 Å². The third-order valence-corrected chi connectivity index (χ3v) is 9.22. The van der Waals surface area contributed by atoms with Crippen LogP contribution in [0.15, 0.2) is 21.8 Å². The highest BCUT2D eigenvalue weighted by molar-refractivity contribution is 7.98. The fraction of sp³-hybridized carbons (Fsp3) is 0.556. The van der Waals surface area contributed by atoms with Crippen LogP contribution in [0.2, 0.25) is 5.02 Å². The highest BCUT2D eigenvalue weighted by atomic mass is 35.5. The number of halogens is 4. The van der Waals surface area contributed by atoms with Crippen LogP contribution in [0.1, 0.15) is 46.9 Å². The van der Waals surface area contributed by atoms with Crippen molar-refractivity contribution in [2.45, 2.75) is 57.0 Å². The molecule has 0 spiro atoms. The lowest BCUT2D eigenvalue weighted by Crippen LogP contribution is -2.43. The number of aryl methyl sites for hydroxylation is 1. The molecule has 3 aliphatic rings. The summed E-state index contributed by atoms with van der Waals surface area (Å²) < 4.78 is 51.1. The minimum atomic E-state index is -4.20. The van der Waals surface area contributed by atoms with Gasteiger partial charge in [-0.1, -0.05) is 11.6 Å². The van der Waals surface area contributed by atoms with Crippen molar-refractivity contribution in [3.63, 3.8) is 0 Å². The number of likely N-dealkylation sites (tertiary alicyclic amines) is 1. The smallest absolute Gasteiger partial charge is 0.401 e. The van der Waals surface area contributed by atoms with Crippen molar-refractivity contribution in [3.8, 4) is 11.5 Å². The molecule has 1 aromatic carbocycles. The Morgan fingerprint density at radius 3 is 2.46 bits per heavy atom. The number of nitrogens with zero attached hydrogens (tertiary/aromatic N) is 1. The molecule has 1 aromatic heterocycles. The summed E-state index contributed by atoms with van der Waals surface area (Å²) in [5, 5.41) is 3.05. The molecule has 5 rings (SSSR count). The molecule has 3 atom stereocenters. The summed E-state index contributed by atoms with van der Waals surface area (Å²) >= 11 is 7.98. The molecule has 0 radical (unpaired) electrons. The number of amides is 1. The molecule has 2 N–H and O–H groups in total. The number of carbonyl (C=O) groups is 1. The lowest BCUT2D eigenvalue weighted by Gasteiger charge is -2.31. The fourth-order valence-corrected chi connectivity index (χ4v) is 7.20. The molecule has 1 aliphatic carbocycles. The molecule has 1 saturated heterocycles. The molecule has 0 bridgehead atoms. The Morgan fingerprint density at radius 2 is 1.85 bits per heavy atom. The van der Waals surface area contributed by atoms with Crippen LogP contribution < -0.4 is 20.3 Å². The topological polar surface area (TPSA) is 83.7 Å². The van der Waals surface area contributed by atoms with E-state index >= 15 is 0 Å². The second-order valence-electron chi connectivity index (χ2n) is 10.9. The Labute approximate surface area is 233 Å². The number of aromatic amines is 1. The maximum absolute atomic E-state index is 13.2. The van der Waals surface area contributed by atoms with E-state index in [0.29, 0.717) is 54.1 Å². The zero-order valence-corrected chi connectivity index (χ0v) is 23.7. The lowest BCUT2D eigenvalue weighted by molar-refractivity contribution is -0.145. The first kappa shape index (κ1) is 28.2. The van der Waals surface area contributed by atoms with Crippen molar-refractivity contribution in [2.75, 3.05) is 25.9 Å². The van der Waals surface area contributed by atoms with Crippen LogP contribution in [0.25, 0.3) is 0 Å². The number of carbonyl (C=O) groups excluding carboxylic acids is 1. The van der Waals surface area contributed by atoms with Gasteiger partial charge in [0, 0.05) is 59.8 Å². The predicted octanol–water partition coefficient (Wildman–Crippen LogP) is 5.30. The highest BCUT2D eigenvalue weighted by Gasteiger charge is 2.54. The number of H-pyrrole nitrogens is 1. The Kier molecular flexibility index (Phi) is 7.39. The number of thioether (sulfide) groups is 1. The van der Waals surface area contributed by atoms with Gasteiger partial charge in [-0.05, 0) is 56.9 Å². The van der Waals surface area contributed by atoms with E-state index in [2.05, 4.69) is 10.3 Å². The summed E-state index contributed by atoms with van der Waals surface area (Å²) in [5.74, 6) is -0.404. The van der Waals surface area contributed by atoms with E-state index in [9.17, 15) is 22.8 Å². The zero-order valence-electron chi connectivity index (χ0n) is 22.1. The van der Waals surface area contributed by atoms with Crippen molar-refractivity contribution in [1.82, 2.24) is 15.2 Å². The Morgan fingerprint density at radius 1 is 1.21 bits per heavy atom. The van der Waals surface area contributed by atoms with Gasteiger partial charge < -0.3 is 19.8 Å². The minimum Gasteiger partial charge on any atom is -0.448 e. The number of benzene rings is 1. The van der Waals surface area contributed by atoms with E-state index < -0.39 is 24.4 Å². The van der Waals surface area contributed by atoms with Crippen molar-refractivity contribution >= 4 is 29.3 Å². The van der Waals surface area contributed by atoms with E-state index in [1.165, 1.54) is 22.7 Å². The summed E-state index contributed by atoms with van der Waals surface area (Å²) in [7, 11) is 0. The molecule has 212 valence electrons. The fourth-order valence-electron chi connectivity index (χ4n) is 6.26. The second kappa shape index (κ2) is 10.2. The molecule has 7 nitrogen and oxygen atoms in total. The van der Waals surface area contributed by atoms with E-state index in [1.54, 1.807) is 13.8 Å². The summed E-state index contributed by atoms with van der Waals surface area (Å²) in [6.45, 7) is 5.38. The van der Waals surface area contributed by atoms with Gasteiger partial charge in [0.1, 0.15) is 0 Å². The first-order valence-electron chi connectivity index (χ1n) is 12.8. The first-order chi connectivity index (χ1) is 18.3. The van der Waals surface area contributed by atoms with Crippen LogP contribution >= 0.6 is 23.4 Å². The maximum atomic E-state index is 13.2. The van der Waals surface area contributed by atoms with Gasteiger partial charge in [0.15, 0.2) is 11.5 Å². The van der Waals surface area contributed by atoms with Crippen molar-refractivity contribution in [3.05, 3.63) is 49.9 Å². The van der Waals surface area contributed by atoms with Crippen LogP contribution in [-0.2, 0) is 6.54 Å². The Bertz CT molecular complexity index is 1350. The molecular weight excluding hydrogens is 555 g/mol. The van der Waals surface area contributed by atoms with Gasteiger partial charge in [0.25, 0.3) is 17.3 Å². The van der Waals surface area contributed by atoms with E-state index in [1.807, 2.05) is 19.2 Å². The Balaban J connectivity index is 1.29. The van der Waals surface area contributed by atoms with Crippen molar-refractivity contribution in [2.24, 2.45) is 17.8 Å². The molecular formula is C27H31ClF3N3O4S. The van der Waals surface area contributed by atoms with Gasteiger partial charge in [-0.15, -0.1) is 11.8 Å². The predicted molar refractivity (Wildman–Crippen MR) is 143 cm³/mol. The molecule has 2 aromatic rings. The minimum absolute atomic E-state index is 0.0288. The lowest BCUT2D eigenvalue weighted by atomic mass is 9.96. The second-order valence-corrected chi connectivity index (χ2v) is 12.2. The van der Waals surface area contributed by atoms with Crippen LogP contribution in [0.5, 0.6) is 11.5 Å². The largest absolute Gasteiger partial charge is 0.448 e. The number of aromatic nitrogens is 1. The normalized spacial score (nSPS) is 26.2. The number of ether oxygens (including phenoxy) is 2. The number of rotatable bonds is 6. The molecule has 2 fully saturated rings.